The van der Waals surface area contributed by atoms with Gasteiger partial charge in [0, 0.05) is 48.2 Å². The fourth-order valence-electron chi connectivity index (χ4n) is 1.79. The Morgan fingerprint density at radius 3 is 2.88 bits per heavy atom. The Bertz CT molecular complexity index is 637. The summed E-state index contributed by atoms with van der Waals surface area (Å²) in [5.41, 5.74) is 1.98. The van der Waals surface area contributed by atoms with Crippen LogP contribution >= 0.6 is 0 Å². The fourth-order valence-corrected chi connectivity index (χ4v) is 1.79. The summed E-state index contributed by atoms with van der Waals surface area (Å²) in [7, 11) is 1.90. The lowest BCUT2D eigenvalue weighted by atomic mass is 10.1. The lowest BCUT2D eigenvalue weighted by molar-refractivity contribution is 0.768. The Balaban J connectivity index is 2.31. The Morgan fingerprint density at radius 1 is 1.12 bits per heavy atom. The van der Waals surface area contributed by atoms with Crippen molar-refractivity contribution >= 4 is 10.8 Å². The lowest BCUT2D eigenvalue weighted by Crippen LogP contribution is -1.86. The van der Waals surface area contributed by atoms with Crippen LogP contribution in [0.1, 0.15) is 0 Å². The molecule has 0 saturated carbocycles. The second-order valence-corrected chi connectivity index (χ2v) is 3.66. The van der Waals surface area contributed by atoms with Crippen LogP contribution in [0.15, 0.2) is 43.1 Å². The fraction of sp³-hybridized carbons (Fsp3) is 0.0833. The van der Waals surface area contributed by atoms with Crippen LogP contribution < -0.4 is 0 Å². The molecular weight excluding hydrogens is 200 g/mol. The first-order valence-corrected chi connectivity index (χ1v) is 5.02. The van der Waals surface area contributed by atoms with Crippen molar-refractivity contribution in [2.24, 2.45) is 7.05 Å². The van der Waals surface area contributed by atoms with E-state index >= 15 is 0 Å². The summed E-state index contributed by atoms with van der Waals surface area (Å²) in [4.78, 5) is 8.51. The predicted molar refractivity (Wildman–Crippen MR) is 61.7 cm³/mol. The molecule has 0 aliphatic rings. The topological polar surface area (TPSA) is 43.6 Å². The molecule has 0 saturated heterocycles. The zero-order valence-electron chi connectivity index (χ0n) is 8.83. The molecular formula is C12H10N4. The number of pyridine rings is 2. The molecule has 4 nitrogen and oxygen atoms in total. The average molecular weight is 210 g/mol. The third kappa shape index (κ3) is 1.35. The molecule has 0 spiro atoms. The molecule has 3 rings (SSSR count). The summed E-state index contributed by atoms with van der Waals surface area (Å²) < 4.78 is 1.77. The summed E-state index contributed by atoms with van der Waals surface area (Å²) in [6.45, 7) is 0. The second kappa shape index (κ2) is 3.41. The van der Waals surface area contributed by atoms with Crippen molar-refractivity contribution in [2.75, 3.05) is 0 Å². The smallest absolute Gasteiger partial charge is 0.0812 e. The van der Waals surface area contributed by atoms with Crippen molar-refractivity contribution in [3.63, 3.8) is 0 Å². The largest absolute Gasteiger partial charge is 0.275 e. The Hall–Kier alpha value is -2.23. The molecule has 3 aromatic heterocycles. The van der Waals surface area contributed by atoms with E-state index < -0.39 is 0 Å². The second-order valence-electron chi connectivity index (χ2n) is 3.66. The molecule has 0 aromatic carbocycles. The molecule has 0 atom stereocenters. The molecule has 3 heterocycles. The predicted octanol–water partition coefficient (Wildman–Crippen LogP) is 2.03. The molecule has 3 aromatic rings. The van der Waals surface area contributed by atoms with Gasteiger partial charge >= 0.3 is 0 Å². The van der Waals surface area contributed by atoms with Crippen LogP contribution in [0.3, 0.4) is 0 Å². The SMILES string of the molecule is Cn1cc(-c2nccc3cnccc23)cn1. The summed E-state index contributed by atoms with van der Waals surface area (Å²) in [6.07, 6.45) is 9.21. The molecule has 0 amide bonds. The van der Waals surface area contributed by atoms with Crippen molar-refractivity contribution < 1.29 is 0 Å². The number of fused-ring (bicyclic) bond motifs is 1. The van der Waals surface area contributed by atoms with Crippen LogP contribution in [0.25, 0.3) is 22.0 Å². The van der Waals surface area contributed by atoms with E-state index in [-0.39, 0.29) is 0 Å². The highest BCUT2D eigenvalue weighted by molar-refractivity contribution is 5.93. The molecule has 16 heavy (non-hydrogen) atoms. The van der Waals surface area contributed by atoms with E-state index in [4.69, 9.17) is 0 Å². The van der Waals surface area contributed by atoms with E-state index in [1.165, 1.54) is 0 Å². The number of nitrogens with zero attached hydrogens (tertiary/aromatic N) is 4. The third-order valence-corrected chi connectivity index (χ3v) is 2.54. The maximum atomic E-state index is 4.41. The number of rotatable bonds is 1. The van der Waals surface area contributed by atoms with Gasteiger partial charge in [-0.3, -0.25) is 14.6 Å². The summed E-state index contributed by atoms with van der Waals surface area (Å²) >= 11 is 0. The maximum Gasteiger partial charge on any atom is 0.0812 e. The minimum Gasteiger partial charge on any atom is -0.275 e. The Morgan fingerprint density at radius 2 is 2.06 bits per heavy atom. The van der Waals surface area contributed by atoms with Gasteiger partial charge in [-0.15, -0.1) is 0 Å². The van der Waals surface area contributed by atoms with Crippen LogP contribution in [0.5, 0.6) is 0 Å². The van der Waals surface area contributed by atoms with E-state index in [0.717, 1.165) is 22.0 Å². The molecule has 0 radical (unpaired) electrons. The minimum absolute atomic E-state index is 0.952. The molecule has 78 valence electrons. The van der Waals surface area contributed by atoms with Gasteiger partial charge in [-0.2, -0.15) is 5.10 Å². The number of hydrogen-bond acceptors (Lipinski definition) is 3. The molecule has 4 heteroatoms. The van der Waals surface area contributed by atoms with Gasteiger partial charge in [0.2, 0.25) is 0 Å². The third-order valence-electron chi connectivity index (χ3n) is 2.54. The molecule has 0 fully saturated rings. The summed E-state index contributed by atoms with van der Waals surface area (Å²) in [6, 6.07) is 3.94. The van der Waals surface area contributed by atoms with Crippen LogP contribution in [-0.2, 0) is 7.05 Å². The Kier molecular flexibility index (Phi) is 1.93. The molecule has 0 bridgehead atoms. The van der Waals surface area contributed by atoms with E-state index in [0.29, 0.717) is 0 Å². The first-order chi connectivity index (χ1) is 7.84. The van der Waals surface area contributed by atoms with Crippen molar-refractivity contribution in [1.29, 1.82) is 0 Å². The standard InChI is InChI=1S/C12H10N4/c1-16-8-10(7-15-16)12-11-3-4-13-6-9(11)2-5-14-12/h2-8H,1H3. The van der Waals surface area contributed by atoms with Crippen LogP contribution in [-0.4, -0.2) is 19.7 Å². The van der Waals surface area contributed by atoms with Gasteiger partial charge in [-0.05, 0) is 12.1 Å². The Labute approximate surface area is 92.6 Å². The first-order valence-electron chi connectivity index (χ1n) is 5.02. The molecule has 0 aliphatic heterocycles. The van der Waals surface area contributed by atoms with Gasteiger partial charge in [0.15, 0.2) is 0 Å². The molecule has 0 N–H and O–H groups in total. The normalized spacial score (nSPS) is 10.8. The van der Waals surface area contributed by atoms with E-state index in [1.807, 2.05) is 37.8 Å². The highest BCUT2D eigenvalue weighted by atomic mass is 15.2. The van der Waals surface area contributed by atoms with E-state index in [2.05, 4.69) is 15.1 Å². The van der Waals surface area contributed by atoms with E-state index in [1.54, 1.807) is 17.1 Å². The molecule has 0 unspecified atom stereocenters. The zero-order chi connectivity index (χ0) is 11.0. The van der Waals surface area contributed by atoms with E-state index in [9.17, 15) is 0 Å². The van der Waals surface area contributed by atoms with Gasteiger partial charge < -0.3 is 0 Å². The quantitative estimate of drug-likeness (QED) is 0.617. The number of aryl methyl sites for hydroxylation is 1. The van der Waals surface area contributed by atoms with Crippen LogP contribution in [0.2, 0.25) is 0 Å². The lowest BCUT2D eigenvalue weighted by Gasteiger charge is -2.01. The van der Waals surface area contributed by atoms with Gasteiger partial charge in [-0.1, -0.05) is 0 Å². The van der Waals surface area contributed by atoms with Gasteiger partial charge in [-0.25, -0.2) is 0 Å². The summed E-state index contributed by atoms with van der Waals surface area (Å²) in [5, 5.41) is 6.36. The van der Waals surface area contributed by atoms with Gasteiger partial charge in [0.05, 0.1) is 11.9 Å². The molecule has 0 aliphatic carbocycles. The highest BCUT2D eigenvalue weighted by Crippen LogP contribution is 2.24. The minimum atomic E-state index is 0.952. The van der Waals surface area contributed by atoms with Crippen LogP contribution in [0, 0.1) is 0 Å². The first kappa shape index (κ1) is 9.03. The number of hydrogen-bond donors (Lipinski definition) is 0. The van der Waals surface area contributed by atoms with Crippen molar-refractivity contribution in [2.45, 2.75) is 0 Å². The van der Waals surface area contributed by atoms with Crippen LogP contribution in [0.4, 0.5) is 0 Å². The summed E-state index contributed by atoms with van der Waals surface area (Å²) in [5.74, 6) is 0. The highest BCUT2D eigenvalue weighted by Gasteiger charge is 2.06. The average Bonchev–Trinajstić information content (AvgIpc) is 2.75. The van der Waals surface area contributed by atoms with Crippen molar-refractivity contribution in [3.05, 3.63) is 43.1 Å². The van der Waals surface area contributed by atoms with Gasteiger partial charge in [0.25, 0.3) is 0 Å². The zero-order valence-corrected chi connectivity index (χ0v) is 8.83. The van der Waals surface area contributed by atoms with Gasteiger partial charge in [0.1, 0.15) is 0 Å². The van der Waals surface area contributed by atoms with Crippen molar-refractivity contribution in [3.8, 4) is 11.3 Å². The maximum absolute atomic E-state index is 4.41. The number of aromatic nitrogens is 4. The monoisotopic (exact) mass is 210 g/mol. The van der Waals surface area contributed by atoms with Crippen molar-refractivity contribution in [1.82, 2.24) is 19.7 Å².